The van der Waals surface area contributed by atoms with Gasteiger partial charge in [-0.3, -0.25) is 14.9 Å². The number of hydrogen-bond acceptors (Lipinski definition) is 5. The number of amides is 1. The number of carbonyl (C=O) groups is 1. The van der Waals surface area contributed by atoms with E-state index in [1.807, 2.05) is 0 Å². The number of anilines is 1. The van der Waals surface area contributed by atoms with Gasteiger partial charge in [-0.05, 0) is 12.1 Å². The molecule has 3 N–H and O–H groups in total. The number of nitrogens with two attached hydrogens (primary N) is 1. The van der Waals surface area contributed by atoms with Crippen LogP contribution in [0, 0.1) is 10.1 Å². The van der Waals surface area contributed by atoms with Gasteiger partial charge in [0.25, 0.3) is 11.6 Å². The van der Waals surface area contributed by atoms with Gasteiger partial charge in [0.05, 0.1) is 11.5 Å². The maximum absolute atomic E-state index is 11.8. The van der Waals surface area contributed by atoms with Gasteiger partial charge in [-0.1, -0.05) is 0 Å². The Balaban J connectivity index is 2.97. The van der Waals surface area contributed by atoms with Gasteiger partial charge in [-0.15, -0.1) is 0 Å². The van der Waals surface area contributed by atoms with Crippen molar-refractivity contribution in [1.82, 2.24) is 4.90 Å². The number of nitrogen functional groups attached to an aromatic ring is 1. The van der Waals surface area contributed by atoms with E-state index in [1.165, 1.54) is 30.1 Å². The molecule has 0 spiro atoms. The van der Waals surface area contributed by atoms with E-state index >= 15 is 0 Å². The summed E-state index contributed by atoms with van der Waals surface area (Å²) in [6, 6.07) is 3.79. The minimum atomic E-state index is -0.610. The van der Waals surface area contributed by atoms with Crippen LogP contribution >= 0.6 is 0 Å². The van der Waals surface area contributed by atoms with Crippen LogP contribution in [0.4, 0.5) is 11.4 Å². The molecule has 1 aromatic rings. The highest BCUT2D eigenvalue weighted by atomic mass is 16.6. The molecule has 1 amide bonds. The number of nitrogens with zero attached hydrogens (tertiary/aromatic N) is 2. The lowest BCUT2D eigenvalue weighted by Crippen LogP contribution is -2.29. The van der Waals surface area contributed by atoms with Crippen molar-refractivity contribution in [2.24, 2.45) is 0 Å². The molecule has 0 aliphatic carbocycles. The van der Waals surface area contributed by atoms with Crippen LogP contribution in [0.25, 0.3) is 0 Å². The van der Waals surface area contributed by atoms with Crippen LogP contribution in [0.15, 0.2) is 18.2 Å². The Kier molecular flexibility index (Phi) is 4.00. The number of likely N-dealkylation sites (N-methyl/N-ethyl adjacent to an activating group) is 1. The van der Waals surface area contributed by atoms with Gasteiger partial charge in [-0.25, -0.2) is 0 Å². The minimum Gasteiger partial charge on any atom is -0.395 e. The van der Waals surface area contributed by atoms with Crippen molar-refractivity contribution in [1.29, 1.82) is 0 Å². The first kappa shape index (κ1) is 12.9. The molecule has 17 heavy (non-hydrogen) atoms. The number of aliphatic hydroxyl groups is 1. The largest absolute Gasteiger partial charge is 0.395 e. The molecule has 0 heterocycles. The van der Waals surface area contributed by atoms with Crippen LogP contribution in [0.5, 0.6) is 0 Å². The highest BCUT2D eigenvalue weighted by Gasteiger charge is 2.16. The molecule has 0 saturated heterocycles. The lowest BCUT2D eigenvalue weighted by Gasteiger charge is -2.15. The SMILES string of the molecule is CN(CCO)C(=O)c1ccc([N+](=O)[O-])c(N)c1. The van der Waals surface area contributed by atoms with E-state index in [0.29, 0.717) is 0 Å². The Morgan fingerprint density at radius 2 is 2.24 bits per heavy atom. The molecule has 0 aliphatic rings. The standard InChI is InChI=1S/C10H13N3O4/c1-12(4-5-14)10(15)7-2-3-9(13(16)17)8(11)6-7/h2-3,6,14H,4-5,11H2,1H3. The molecule has 0 unspecified atom stereocenters. The molecule has 0 atom stereocenters. The molecule has 0 bridgehead atoms. The van der Waals surface area contributed by atoms with Crippen LogP contribution in [0.1, 0.15) is 10.4 Å². The van der Waals surface area contributed by atoms with E-state index < -0.39 is 4.92 Å². The molecule has 7 heteroatoms. The summed E-state index contributed by atoms with van der Waals surface area (Å²) in [6.07, 6.45) is 0. The molecule has 7 nitrogen and oxygen atoms in total. The highest BCUT2D eigenvalue weighted by molar-refractivity contribution is 5.95. The van der Waals surface area contributed by atoms with Gasteiger partial charge in [0.15, 0.2) is 0 Å². The summed E-state index contributed by atoms with van der Waals surface area (Å²) in [5.41, 5.74) is 5.44. The molecule has 0 aromatic heterocycles. The molecule has 0 fully saturated rings. The Bertz CT molecular complexity index is 447. The van der Waals surface area contributed by atoms with Gasteiger partial charge in [0.2, 0.25) is 0 Å². The Labute approximate surface area is 97.6 Å². The maximum atomic E-state index is 11.8. The Hall–Kier alpha value is -2.15. The van der Waals surface area contributed by atoms with Gasteiger partial charge < -0.3 is 15.7 Å². The summed E-state index contributed by atoms with van der Waals surface area (Å²) in [6.45, 7) is 0.0421. The average molecular weight is 239 g/mol. The molecular weight excluding hydrogens is 226 g/mol. The van der Waals surface area contributed by atoms with E-state index in [4.69, 9.17) is 10.8 Å². The summed E-state index contributed by atoms with van der Waals surface area (Å²) < 4.78 is 0. The number of hydrogen-bond donors (Lipinski definition) is 2. The number of aliphatic hydroxyl groups excluding tert-OH is 1. The topological polar surface area (TPSA) is 110 Å². The van der Waals surface area contributed by atoms with Crippen LogP contribution < -0.4 is 5.73 Å². The molecule has 92 valence electrons. The Morgan fingerprint density at radius 1 is 1.59 bits per heavy atom. The highest BCUT2D eigenvalue weighted by Crippen LogP contribution is 2.22. The molecule has 1 rings (SSSR count). The number of benzene rings is 1. The number of nitro benzene ring substituents is 1. The van der Waals surface area contributed by atoms with Crippen molar-refractivity contribution >= 4 is 17.3 Å². The van der Waals surface area contributed by atoms with Crippen molar-refractivity contribution in [3.05, 3.63) is 33.9 Å². The summed E-state index contributed by atoms with van der Waals surface area (Å²) in [5, 5.41) is 19.2. The van der Waals surface area contributed by atoms with E-state index in [0.717, 1.165) is 0 Å². The lowest BCUT2D eigenvalue weighted by atomic mass is 10.1. The molecule has 0 aliphatic heterocycles. The predicted molar refractivity (Wildman–Crippen MR) is 61.6 cm³/mol. The number of rotatable bonds is 4. The number of carbonyl (C=O) groups excluding carboxylic acids is 1. The minimum absolute atomic E-state index is 0.0572. The fourth-order valence-corrected chi connectivity index (χ4v) is 1.33. The second-order valence-corrected chi connectivity index (χ2v) is 3.48. The molecule has 0 saturated carbocycles. The summed E-state index contributed by atoms with van der Waals surface area (Å²) >= 11 is 0. The van der Waals surface area contributed by atoms with Gasteiger partial charge in [0, 0.05) is 25.2 Å². The van der Waals surface area contributed by atoms with Crippen LogP contribution in [-0.4, -0.2) is 41.0 Å². The quantitative estimate of drug-likeness (QED) is 0.444. The normalized spacial score (nSPS) is 10.0. The summed E-state index contributed by atoms with van der Waals surface area (Å²) in [7, 11) is 1.52. The monoisotopic (exact) mass is 239 g/mol. The summed E-state index contributed by atoms with van der Waals surface area (Å²) in [4.78, 5) is 23.0. The van der Waals surface area contributed by atoms with Crippen LogP contribution in [0.3, 0.4) is 0 Å². The molecule has 0 radical (unpaired) electrons. The maximum Gasteiger partial charge on any atom is 0.292 e. The van der Waals surface area contributed by atoms with E-state index in [1.54, 1.807) is 0 Å². The predicted octanol–water partition coefficient (Wildman–Crippen LogP) is 0.241. The van der Waals surface area contributed by atoms with Crippen molar-refractivity contribution in [2.75, 3.05) is 25.9 Å². The average Bonchev–Trinajstić information content (AvgIpc) is 2.27. The molecule has 1 aromatic carbocycles. The van der Waals surface area contributed by atoms with Gasteiger partial charge in [-0.2, -0.15) is 0 Å². The van der Waals surface area contributed by atoms with E-state index in [9.17, 15) is 14.9 Å². The number of nitro groups is 1. The second-order valence-electron chi connectivity index (χ2n) is 3.48. The van der Waals surface area contributed by atoms with Crippen molar-refractivity contribution in [2.45, 2.75) is 0 Å². The summed E-state index contributed by atoms with van der Waals surface area (Å²) in [5.74, 6) is -0.347. The van der Waals surface area contributed by atoms with Gasteiger partial charge in [0.1, 0.15) is 5.69 Å². The third-order valence-corrected chi connectivity index (χ3v) is 2.25. The Morgan fingerprint density at radius 3 is 2.71 bits per heavy atom. The fourth-order valence-electron chi connectivity index (χ4n) is 1.33. The zero-order valence-corrected chi connectivity index (χ0v) is 9.29. The first-order valence-electron chi connectivity index (χ1n) is 4.87. The van der Waals surface area contributed by atoms with Gasteiger partial charge >= 0.3 is 0 Å². The third-order valence-electron chi connectivity index (χ3n) is 2.25. The molecular formula is C10H13N3O4. The zero-order chi connectivity index (χ0) is 13.0. The first-order valence-corrected chi connectivity index (χ1v) is 4.87. The van der Waals surface area contributed by atoms with E-state index in [-0.39, 0.29) is 36.0 Å². The van der Waals surface area contributed by atoms with Crippen LogP contribution in [-0.2, 0) is 0 Å². The lowest BCUT2D eigenvalue weighted by molar-refractivity contribution is -0.383. The fraction of sp³-hybridized carbons (Fsp3) is 0.300. The third kappa shape index (κ3) is 2.91. The van der Waals surface area contributed by atoms with Crippen LogP contribution in [0.2, 0.25) is 0 Å². The van der Waals surface area contributed by atoms with Crippen molar-refractivity contribution in [3.63, 3.8) is 0 Å². The van der Waals surface area contributed by atoms with Crippen molar-refractivity contribution in [3.8, 4) is 0 Å². The van der Waals surface area contributed by atoms with Crippen molar-refractivity contribution < 1.29 is 14.8 Å². The first-order chi connectivity index (χ1) is 7.97. The van der Waals surface area contributed by atoms with E-state index in [2.05, 4.69) is 0 Å². The zero-order valence-electron chi connectivity index (χ0n) is 9.29. The second kappa shape index (κ2) is 5.26. The smallest absolute Gasteiger partial charge is 0.292 e.